The third-order valence-electron chi connectivity index (χ3n) is 2.32. The molecule has 0 heterocycles. The molecule has 0 bridgehead atoms. The number of hydrogen-bond donors (Lipinski definition) is 3. The summed E-state index contributed by atoms with van der Waals surface area (Å²) in [6, 6.07) is 5.31. The van der Waals surface area contributed by atoms with E-state index in [1.54, 1.807) is 12.1 Å². The number of phenols is 1. The number of methoxy groups -OCH3 is 1. The Hall–Kier alpha value is -1.26. The highest BCUT2D eigenvalue weighted by Crippen LogP contribution is 2.30. The lowest BCUT2D eigenvalue weighted by atomic mass is 10.1. The first-order valence-corrected chi connectivity index (χ1v) is 4.92. The van der Waals surface area contributed by atoms with Gasteiger partial charge in [0, 0.05) is 6.54 Å². The molecule has 0 aromatic heterocycles. The zero-order valence-corrected chi connectivity index (χ0v) is 8.81. The number of para-hydroxylation sites is 1. The van der Waals surface area contributed by atoms with Crippen LogP contribution >= 0.6 is 0 Å². The van der Waals surface area contributed by atoms with Crippen molar-refractivity contribution in [2.45, 2.75) is 18.9 Å². The quantitative estimate of drug-likeness (QED) is 0.668. The van der Waals surface area contributed by atoms with Crippen molar-refractivity contribution >= 4 is 0 Å². The van der Waals surface area contributed by atoms with Crippen LogP contribution in [0, 0.1) is 0 Å². The van der Waals surface area contributed by atoms with Gasteiger partial charge in [0.2, 0.25) is 0 Å². The third-order valence-corrected chi connectivity index (χ3v) is 2.32. The SMILES string of the molecule is COc1cccc(CCC(O)CN)c1O. The van der Waals surface area contributed by atoms with Gasteiger partial charge in [0.25, 0.3) is 0 Å². The molecule has 1 atom stereocenters. The summed E-state index contributed by atoms with van der Waals surface area (Å²) >= 11 is 0. The van der Waals surface area contributed by atoms with E-state index in [0.29, 0.717) is 18.6 Å². The van der Waals surface area contributed by atoms with Crippen LogP contribution in [-0.4, -0.2) is 30.0 Å². The van der Waals surface area contributed by atoms with Gasteiger partial charge in [-0.1, -0.05) is 12.1 Å². The molecule has 1 rings (SSSR count). The van der Waals surface area contributed by atoms with Gasteiger partial charge in [0.15, 0.2) is 11.5 Å². The predicted molar refractivity (Wildman–Crippen MR) is 58.0 cm³/mol. The minimum Gasteiger partial charge on any atom is -0.504 e. The predicted octanol–water partition coefficient (Wildman–Crippen LogP) is 0.653. The molecule has 0 saturated carbocycles. The maximum Gasteiger partial charge on any atom is 0.160 e. The Balaban J connectivity index is 2.68. The van der Waals surface area contributed by atoms with Gasteiger partial charge < -0.3 is 20.7 Å². The van der Waals surface area contributed by atoms with Gasteiger partial charge in [-0.25, -0.2) is 0 Å². The van der Waals surface area contributed by atoms with Crippen molar-refractivity contribution in [1.82, 2.24) is 0 Å². The molecule has 0 saturated heterocycles. The normalized spacial score (nSPS) is 12.5. The van der Waals surface area contributed by atoms with E-state index < -0.39 is 6.10 Å². The van der Waals surface area contributed by atoms with Gasteiger partial charge in [0.1, 0.15) is 0 Å². The maximum absolute atomic E-state index is 9.74. The minimum absolute atomic E-state index is 0.143. The van der Waals surface area contributed by atoms with Gasteiger partial charge >= 0.3 is 0 Å². The van der Waals surface area contributed by atoms with Crippen LogP contribution in [0.25, 0.3) is 0 Å². The number of ether oxygens (including phenoxy) is 1. The van der Waals surface area contributed by atoms with Crippen LogP contribution in [0.4, 0.5) is 0 Å². The van der Waals surface area contributed by atoms with Crippen LogP contribution in [0.5, 0.6) is 11.5 Å². The second-order valence-corrected chi connectivity index (χ2v) is 3.40. The molecule has 0 fully saturated rings. The van der Waals surface area contributed by atoms with Gasteiger partial charge in [-0.05, 0) is 24.5 Å². The van der Waals surface area contributed by atoms with Crippen LogP contribution in [0.1, 0.15) is 12.0 Å². The van der Waals surface area contributed by atoms with Crippen molar-refractivity contribution in [3.05, 3.63) is 23.8 Å². The van der Waals surface area contributed by atoms with E-state index in [-0.39, 0.29) is 12.3 Å². The molecule has 4 heteroatoms. The molecule has 4 N–H and O–H groups in total. The molecular weight excluding hydrogens is 194 g/mol. The Morgan fingerprint density at radius 1 is 1.47 bits per heavy atom. The topological polar surface area (TPSA) is 75.7 Å². The van der Waals surface area contributed by atoms with Crippen molar-refractivity contribution in [1.29, 1.82) is 0 Å². The second-order valence-electron chi connectivity index (χ2n) is 3.40. The summed E-state index contributed by atoms with van der Waals surface area (Å²) in [7, 11) is 1.51. The summed E-state index contributed by atoms with van der Waals surface area (Å²) in [4.78, 5) is 0. The Morgan fingerprint density at radius 3 is 2.80 bits per heavy atom. The van der Waals surface area contributed by atoms with E-state index >= 15 is 0 Å². The average Bonchev–Trinajstić information content (AvgIpc) is 2.27. The first-order chi connectivity index (χ1) is 7.19. The van der Waals surface area contributed by atoms with Crippen LogP contribution in [0.2, 0.25) is 0 Å². The molecule has 0 amide bonds. The van der Waals surface area contributed by atoms with E-state index in [2.05, 4.69) is 0 Å². The highest BCUT2D eigenvalue weighted by molar-refractivity contribution is 5.45. The molecular formula is C11H17NO3. The summed E-state index contributed by atoms with van der Waals surface area (Å²) in [5.74, 6) is 0.596. The highest BCUT2D eigenvalue weighted by Gasteiger charge is 2.08. The van der Waals surface area contributed by atoms with Crippen LogP contribution in [0.15, 0.2) is 18.2 Å². The van der Waals surface area contributed by atoms with E-state index in [1.807, 2.05) is 6.07 Å². The van der Waals surface area contributed by atoms with Crippen molar-refractivity contribution in [2.75, 3.05) is 13.7 Å². The molecule has 4 nitrogen and oxygen atoms in total. The number of hydrogen-bond acceptors (Lipinski definition) is 4. The fourth-order valence-electron chi connectivity index (χ4n) is 1.37. The molecule has 0 aliphatic rings. The molecule has 0 spiro atoms. The van der Waals surface area contributed by atoms with Crippen molar-refractivity contribution < 1.29 is 14.9 Å². The number of benzene rings is 1. The first-order valence-electron chi connectivity index (χ1n) is 4.92. The average molecular weight is 211 g/mol. The Labute approximate surface area is 89.3 Å². The van der Waals surface area contributed by atoms with E-state index in [1.165, 1.54) is 7.11 Å². The fourth-order valence-corrected chi connectivity index (χ4v) is 1.37. The lowest BCUT2D eigenvalue weighted by Gasteiger charge is -2.10. The fraction of sp³-hybridized carbons (Fsp3) is 0.455. The Kier molecular flexibility index (Phi) is 4.39. The van der Waals surface area contributed by atoms with Gasteiger partial charge in [-0.2, -0.15) is 0 Å². The Morgan fingerprint density at radius 2 is 2.20 bits per heavy atom. The van der Waals surface area contributed by atoms with Crippen molar-refractivity contribution in [3.8, 4) is 11.5 Å². The van der Waals surface area contributed by atoms with Crippen LogP contribution in [0.3, 0.4) is 0 Å². The lowest BCUT2D eigenvalue weighted by Crippen LogP contribution is -2.20. The summed E-state index contributed by atoms with van der Waals surface area (Å²) in [6.45, 7) is 0.241. The lowest BCUT2D eigenvalue weighted by molar-refractivity contribution is 0.173. The molecule has 1 unspecified atom stereocenters. The first kappa shape index (κ1) is 11.8. The van der Waals surface area contributed by atoms with E-state index in [0.717, 1.165) is 5.56 Å². The second kappa shape index (κ2) is 5.58. The molecule has 0 radical (unpaired) electrons. The van der Waals surface area contributed by atoms with Gasteiger partial charge in [0.05, 0.1) is 13.2 Å². The monoisotopic (exact) mass is 211 g/mol. The standard InChI is InChI=1S/C11H17NO3/c1-15-10-4-2-3-8(11(10)14)5-6-9(13)7-12/h2-4,9,13-14H,5-7,12H2,1H3. The highest BCUT2D eigenvalue weighted by atomic mass is 16.5. The van der Waals surface area contributed by atoms with Gasteiger partial charge in [-0.15, -0.1) is 0 Å². The number of aromatic hydroxyl groups is 1. The summed E-state index contributed by atoms with van der Waals surface area (Å²) < 4.78 is 4.98. The molecule has 1 aromatic carbocycles. The van der Waals surface area contributed by atoms with Crippen LogP contribution in [-0.2, 0) is 6.42 Å². The minimum atomic E-state index is -0.518. The summed E-state index contributed by atoms with van der Waals surface area (Å²) in [6.07, 6.45) is 0.606. The van der Waals surface area contributed by atoms with Gasteiger partial charge in [-0.3, -0.25) is 0 Å². The third kappa shape index (κ3) is 3.11. The molecule has 15 heavy (non-hydrogen) atoms. The van der Waals surface area contributed by atoms with E-state index in [4.69, 9.17) is 10.5 Å². The number of phenolic OH excluding ortho intramolecular Hbond substituents is 1. The molecule has 0 aliphatic carbocycles. The smallest absolute Gasteiger partial charge is 0.160 e. The number of nitrogens with two attached hydrogens (primary N) is 1. The summed E-state index contributed by atoms with van der Waals surface area (Å²) in [5.41, 5.74) is 6.06. The number of aliphatic hydroxyl groups is 1. The zero-order valence-electron chi connectivity index (χ0n) is 8.81. The van der Waals surface area contributed by atoms with Crippen LogP contribution < -0.4 is 10.5 Å². The van der Waals surface area contributed by atoms with Crippen molar-refractivity contribution in [2.24, 2.45) is 5.73 Å². The molecule has 0 aliphatic heterocycles. The number of aryl methyl sites for hydroxylation is 1. The van der Waals surface area contributed by atoms with E-state index in [9.17, 15) is 10.2 Å². The zero-order chi connectivity index (χ0) is 11.3. The summed E-state index contributed by atoms with van der Waals surface area (Å²) in [5, 5.41) is 19.0. The number of aliphatic hydroxyl groups excluding tert-OH is 1. The maximum atomic E-state index is 9.74. The molecule has 84 valence electrons. The molecule has 1 aromatic rings. The number of rotatable bonds is 5. The largest absolute Gasteiger partial charge is 0.504 e. The van der Waals surface area contributed by atoms with Crippen molar-refractivity contribution in [3.63, 3.8) is 0 Å². The Bertz CT molecular complexity index is 315.